The van der Waals surface area contributed by atoms with Crippen molar-refractivity contribution in [2.45, 2.75) is 38.6 Å². The summed E-state index contributed by atoms with van der Waals surface area (Å²) in [5.41, 5.74) is 1.95. The number of para-hydroxylation sites is 2. The first-order valence-corrected chi connectivity index (χ1v) is 10.2. The SMILES string of the molecule is C[C@]12CN(CC(=O)NC3CCCC3)C[C@H]1CN(c1nc3ccccc3o1)C2. The van der Waals surface area contributed by atoms with E-state index in [-0.39, 0.29) is 11.3 Å². The summed E-state index contributed by atoms with van der Waals surface area (Å²) < 4.78 is 5.97. The Morgan fingerprint density at radius 2 is 2.07 bits per heavy atom. The van der Waals surface area contributed by atoms with Gasteiger partial charge in [-0.2, -0.15) is 4.98 Å². The highest BCUT2D eigenvalue weighted by atomic mass is 16.4. The van der Waals surface area contributed by atoms with Gasteiger partial charge in [-0.15, -0.1) is 0 Å². The number of fused-ring (bicyclic) bond motifs is 2. The number of anilines is 1. The molecule has 2 saturated heterocycles. The van der Waals surface area contributed by atoms with Crippen LogP contribution in [0.25, 0.3) is 11.1 Å². The average molecular weight is 368 g/mol. The maximum atomic E-state index is 12.4. The molecule has 1 aromatic heterocycles. The Hall–Kier alpha value is -2.08. The monoisotopic (exact) mass is 368 g/mol. The van der Waals surface area contributed by atoms with Crippen LogP contribution >= 0.6 is 0 Å². The molecule has 1 aliphatic carbocycles. The summed E-state index contributed by atoms with van der Waals surface area (Å²) in [6.45, 7) is 6.70. The number of rotatable bonds is 4. The van der Waals surface area contributed by atoms with Gasteiger partial charge < -0.3 is 14.6 Å². The number of hydrogen-bond acceptors (Lipinski definition) is 5. The molecule has 2 aromatic rings. The Labute approximate surface area is 159 Å². The molecule has 0 spiro atoms. The highest BCUT2D eigenvalue weighted by Gasteiger charge is 2.50. The normalized spacial score (nSPS) is 28.9. The number of aromatic nitrogens is 1. The van der Waals surface area contributed by atoms with Crippen molar-refractivity contribution in [3.63, 3.8) is 0 Å². The first kappa shape index (κ1) is 17.0. The van der Waals surface area contributed by atoms with Crippen LogP contribution in [0.2, 0.25) is 0 Å². The van der Waals surface area contributed by atoms with Crippen LogP contribution in [0.15, 0.2) is 28.7 Å². The van der Waals surface area contributed by atoms with Gasteiger partial charge in [0.25, 0.3) is 6.01 Å². The molecule has 0 radical (unpaired) electrons. The fourth-order valence-corrected chi connectivity index (χ4v) is 5.27. The molecular formula is C21H28N4O2. The summed E-state index contributed by atoms with van der Waals surface area (Å²) in [6.07, 6.45) is 4.79. The number of nitrogens with one attached hydrogen (secondary N) is 1. The number of nitrogens with zero attached hydrogens (tertiary/aromatic N) is 3. The lowest BCUT2D eigenvalue weighted by molar-refractivity contribution is -0.122. The van der Waals surface area contributed by atoms with Gasteiger partial charge in [0.05, 0.1) is 6.54 Å². The van der Waals surface area contributed by atoms with E-state index in [0.717, 1.165) is 56.1 Å². The summed E-state index contributed by atoms with van der Waals surface area (Å²) in [4.78, 5) is 21.6. The van der Waals surface area contributed by atoms with E-state index in [1.807, 2.05) is 24.3 Å². The third-order valence-electron chi connectivity index (χ3n) is 6.68. The smallest absolute Gasteiger partial charge is 0.298 e. The van der Waals surface area contributed by atoms with E-state index in [0.29, 0.717) is 18.5 Å². The van der Waals surface area contributed by atoms with Crippen molar-refractivity contribution in [1.29, 1.82) is 0 Å². The molecule has 0 bridgehead atoms. The van der Waals surface area contributed by atoms with E-state index in [1.54, 1.807) is 0 Å². The fourth-order valence-electron chi connectivity index (χ4n) is 5.27. The van der Waals surface area contributed by atoms with Crippen molar-refractivity contribution in [2.24, 2.45) is 11.3 Å². The number of likely N-dealkylation sites (tertiary alicyclic amines) is 1. The van der Waals surface area contributed by atoms with Crippen molar-refractivity contribution in [2.75, 3.05) is 37.6 Å². The van der Waals surface area contributed by atoms with Crippen LogP contribution in [0.1, 0.15) is 32.6 Å². The van der Waals surface area contributed by atoms with Gasteiger partial charge in [0.15, 0.2) is 5.58 Å². The molecule has 3 heterocycles. The van der Waals surface area contributed by atoms with Crippen molar-refractivity contribution in [1.82, 2.24) is 15.2 Å². The zero-order valence-corrected chi connectivity index (χ0v) is 16.0. The van der Waals surface area contributed by atoms with Crippen LogP contribution in [0.4, 0.5) is 6.01 Å². The number of benzene rings is 1. The Kier molecular flexibility index (Phi) is 4.11. The molecule has 3 aliphatic rings. The van der Waals surface area contributed by atoms with Crippen molar-refractivity contribution in [3.05, 3.63) is 24.3 Å². The average Bonchev–Trinajstić information content (AvgIpc) is 3.36. The van der Waals surface area contributed by atoms with Gasteiger partial charge in [0, 0.05) is 37.6 Å². The van der Waals surface area contributed by atoms with Crippen LogP contribution < -0.4 is 10.2 Å². The van der Waals surface area contributed by atoms with E-state index < -0.39 is 0 Å². The molecule has 144 valence electrons. The number of carbonyl (C=O) groups is 1. The zero-order chi connectivity index (χ0) is 18.4. The summed E-state index contributed by atoms with van der Waals surface area (Å²) in [6, 6.07) is 9.07. The molecule has 1 aromatic carbocycles. The molecule has 6 nitrogen and oxygen atoms in total. The van der Waals surface area contributed by atoms with Crippen LogP contribution in [0, 0.1) is 11.3 Å². The van der Waals surface area contributed by atoms with E-state index in [2.05, 4.69) is 27.0 Å². The molecule has 0 unspecified atom stereocenters. The Bertz CT molecular complexity index is 811. The Morgan fingerprint density at radius 3 is 2.85 bits per heavy atom. The van der Waals surface area contributed by atoms with E-state index >= 15 is 0 Å². The van der Waals surface area contributed by atoms with Crippen LogP contribution in [0.5, 0.6) is 0 Å². The zero-order valence-electron chi connectivity index (χ0n) is 16.0. The Morgan fingerprint density at radius 1 is 1.26 bits per heavy atom. The largest absolute Gasteiger partial charge is 0.423 e. The van der Waals surface area contributed by atoms with Gasteiger partial charge >= 0.3 is 0 Å². The minimum Gasteiger partial charge on any atom is -0.423 e. The van der Waals surface area contributed by atoms with Gasteiger partial charge in [0.1, 0.15) is 5.52 Å². The highest BCUT2D eigenvalue weighted by molar-refractivity contribution is 5.78. The third-order valence-corrected chi connectivity index (χ3v) is 6.68. The number of carbonyl (C=O) groups excluding carboxylic acids is 1. The topological polar surface area (TPSA) is 61.6 Å². The Balaban J connectivity index is 1.21. The van der Waals surface area contributed by atoms with Gasteiger partial charge in [0.2, 0.25) is 5.91 Å². The molecule has 5 rings (SSSR count). The molecule has 1 saturated carbocycles. The molecular weight excluding hydrogens is 340 g/mol. The molecule has 1 amide bonds. The van der Waals surface area contributed by atoms with Crippen molar-refractivity contribution in [3.8, 4) is 0 Å². The summed E-state index contributed by atoms with van der Waals surface area (Å²) in [5.74, 6) is 0.744. The minimum absolute atomic E-state index is 0.189. The fraction of sp³-hybridized carbons (Fsp3) is 0.619. The minimum atomic E-state index is 0.189. The summed E-state index contributed by atoms with van der Waals surface area (Å²) in [5, 5.41) is 3.22. The van der Waals surface area contributed by atoms with E-state index in [1.165, 1.54) is 12.8 Å². The van der Waals surface area contributed by atoms with E-state index in [4.69, 9.17) is 4.42 Å². The molecule has 1 N–H and O–H groups in total. The maximum absolute atomic E-state index is 12.4. The number of hydrogen-bond donors (Lipinski definition) is 1. The predicted octanol–water partition coefficient (Wildman–Crippen LogP) is 2.64. The summed E-state index contributed by atoms with van der Waals surface area (Å²) >= 11 is 0. The summed E-state index contributed by atoms with van der Waals surface area (Å²) in [7, 11) is 0. The highest BCUT2D eigenvalue weighted by Crippen LogP contribution is 2.43. The van der Waals surface area contributed by atoms with Crippen molar-refractivity contribution < 1.29 is 9.21 Å². The first-order valence-electron chi connectivity index (χ1n) is 10.2. The van der Waals surface area contributed by atoms with Crippen LogP contribution in [-0.4, -0.2) is 54.6 Å². The lowest BCUT2D eigenvalue weighted by Gasteiger charge is -2.24. The molecule has 27 heavy (non-hydrogen) atoms. The second-order valence-corrected chi connectivity index (χ2v) is 8.91. The van der Waals surface area contributed by atoms with E-state index in [9.17, 15) is 4.79 Å². The second-order valence-electron chi connectivity index (χ2n) is 8.91. The molecule has 6 heteroatoms. The van der Waals surface area contributed by atoms with Gasteiger partial charge in [-0.05, 0) is 30.9 Å². The third kappa shape index (κ3) is 3.20. The molecule has 2 atom stereocenters. The van der Waals surface area contributed by atoms with Crippen LogP contribution in [0.3, 0.4) is 0 Å². The lowest BCUT2D eigenvalue weighted by atomic mass is 9.83. The maximum Gasteiger partial charge on any atom is 0.298 e. The van der Waals surface area contributed by atoms with Gasteiger partial charge in [-0.3, -0.25) is 9.69 Å². The molecule has 2 aliphatic heterocycles. The lowest BCUT2D eigenvalue weighted by Crippen LogP contribution is -2.42. The number of oxazole rings is 1. The van der Waals surface area contributed by atoms with Crippen LogP contribution in [-0.2, 0) is 4.79 Å². The standard InChI is InChI=1S/C21H28N4O2/c1-21-13-24(12-19(26)22-16-6-2-3-7-16)10-15(21)11-25(14-21)20-23-17-8-4-5-9-18(17)27-20/h4-5,8-9,15-16H,2-3,6-7,10-14H2,1H3,(H,22,26)/t15-,21+/m0/s1. The second kappa shape index (κ2) is 6.51. The first-order chi connectivity index (χ1) is 13.1. The molecule has 3 fully saturated rings. The van der Waals surface area contributed by atoms with Gasteiger partial charge in [-0.25, -0.2) is 0 Å². The van der Waals surface area contributed by atoms with Crippen molar-refractivity contribution >= 4 is 23.0 Å². The predicted molar refractivity (Wildman–Crippen MR) is 105 cm³/mol. The van der Waals surface area contributed by atoms with Gasteiger partial charge in [-0.1, -0.05) is 31.9 Å². The number of amides is 1. The quantitative estimate of drug-likeness (QED) is 0.899.